The van der Waals surface area contributed by atoms with Gasteiger partial charge in [0.2, 0.25) is 0 Å². The third-order valence-electron chi connectivity index (χ3n) is 3.69. The Morgan fingerprint density at radius 3 is 3.00 bits per heavy atom. The lowest BCUT2D eigenvalue weighted by Crippen LogP contribution is -2.24. The lowest BCUT2D eigenvalue weighted by atomic mass is 10.2. The Bertz CT molecular complexity index is 922. The fraction of sp³-hybridized carbons (Fsp3) is 0.133. The van der Waals surface area contributed by atoms with E-state index < -0.39 is 0 Å². The molecule has 1 amide bonds. The minimum atomic E-state index is -0.112. The summed E-state index contributed by atoms with van der Waals surface area (Å²) in [4.78, 5) is 16.7. The van der Waals surface area contributed by atoms with Gasteiger partial charge in [-0.05, 0) is 18.2 Å². The Labute approximate surface area is 125 Å². The Balaban J connectivity index is 1.98. The molecule has 0 saturated heterocycles. The SMILES string of the molecule is C=[N+]([O-])c1ccc(-c2nc3cccc4c3n2CCNC4=O)o1. The van der Waals surface area contributed by atoms with Gasteiger partial charge in [-0.1, -0.05) is 6.07 Å². The quantitative estimate of drug-likeness (QED) is 0.338. The average molecular weight is 296 g/mol. The van der Waals surface area contributed by atoms with Crippen molar-refractivity contribution in [2.24, 2.45) is 0 Å². The smallest absolute Gasteiger partial charge is 0.384 e. The third kappa shape index (κ3) is 1.72. The van der Waals surface area contributed by atoms with Gasteiger partial charge in [-0.25, -0.2) is 4.98 Å². The van der Waals surface area contributed by atoms with Crippen LogP contribution in [0.15, 0.2) is 34.7 Å². The first-order valence-electron chi connectivity index (χ1n) is 6.80. The molecule has 1 aliphatic heterocycles. The summed E-state index contributed by atoms with van der Waals surface area (Å²) in [6.07, 6.45) is 0. The summed E-state index contributed by atoms with van der Waals surface area (Å²) in [7, 11) is 0. The van der Waals surface area contributed by atoms with Gasteiger partial charge in [-0.15, -0.1) is 4.74 Å². The number of benzene rings is 1. The molecule has 7 heteroatoms. The van der Waals surface area contributed by atoms with E-state index in [4.69, 9.17) is 4.42 Å². The van der Waals surface area contributed by atoms with E-state index in [1.807, 2.05) is 10.6 Å². The monoisotopic (exact) mass is 296 g/mol. The molecule has 2 aromatic heterocycles. The van der Waals surface area contributed by atoms with Gasteiger partial charge in [0.25, 0.3) is 5.91 Å². The van der Waals surface area contributed by atoms with E-state index in [1.165, 1.54) is 0 Å². The Hall–Kier alpha value is -3.09. The van der Waals surface area contributed by atoms with Gasteiger partial charge in [0.05, 0.1) is 22.7 Å². The lowest BCUT2D eigenvalue weighted by molar-refractivity contribution is -0.368. The van der Waals surface area contributed by atoms with Gasteiger partial charge >= 0.3 is 5.88 Å². The fourth-order valence-corrected chi connectivity index (χ4v) is 2.73. The molecular weight excluding hydrogens is 284 g/mol. The first-order chi connectivity index (χ1) is 10.6. The number of carbonyl (C=O) groups excluding carboxylic acids is 1. The van der Waals surface area contributed by atoms with Crippen molar-refractivity contribution in [3.8, 4) is 11.6 Å². The predicted octanol–water partition coefficient (Wildman–Crippen LogP) is 1.88. The average Bonchev–Trinajstić information content (AvgIpc) is 3.07. The number of nitrogens with one attached hydrogen (secondary N) is 1. The molecule has 0 atom stereocenters. The van der Waals surface area contributed by atoms with Crippen LogP contribution in [0.1, 0.15) is 10.4 Å². The zero-order valence-corrected chi connectivity index (χ0v) is 11.6. The molecule has 22 heavy (non-hydrogen) atoms. The molecule has 7 nitrogen and oxygen atoms in total. The molecule has 0 saturated carbocycles. The van der Waals surface area contributed by atoms with Gasteiger partial charge in [0, 0.05) is 13.1 Å². The molecule has 3 heterocycles. The first-order valence-corrected chi connectivity index (χ1v) is 6.80. The fourth-order valence-electron chi connectivity index (χ4n) is 2.73. The predicted molar refractivity (Wildman–Crippen MR) is 80.2 cm³/mol. The highest BCUT2D eigenvalue weighted by Gasteiger charge is 2.23. The summed E-state index contributed by atoms with van der Waals surface area (Å²) in [6.45, 7) is 4.34. The molecule has 0 unspecified atom stereocenters. The Morgan fingerprint density at radius 2 is 2.23 bits per heavy atom. The van der Waals surface area contributed by atoms with Crippen LogP contribution >= 0.6 is 0 Å². The Kier molecular flexibility index (Phi) is 2.56. The highest BCUT2D eigenvalue weighted by atomic mass is 16.5. The third-order valence-corrected chi connectivity index (χ3v) is 3.69. The topological polar surface area (TPSA) is 86.1 Å². The van der Waals surface area contributed by atoms with Crippen molar-refractivity contribution in [1.29, 1.82) is 0 Å². The van der Waals surface area contributed by atoms with E-state index in [-0.39, 0.29) is 11.8 Å². The van der Waals surface area contributed by atoms with Crippen molar-refractivity contribution in [1.82, 2.24) is 14.9 Å². The molecule has 0 fully saturated rings. The maximum Gasteiger partial charge on any atom is 0.384 e. The van der Waals surface area contributed by atoms with E-state index in [0.717, 1.165) is 11.0 Å². The summed E-state index contributed by atoms with van der Waals surface area (Å²) in [5.74, 6) is 1.06. The van der Waals surface area contributed by atoms with Crippen LogP contribution in [0.4, 0.5) is 5.88 Å². The second kappa shape index (κ2) is 4.45. The van der Waals surface area contributed by atoms with Crippen LogP contribution in [0.2, 0.25) is 0 Å². The molecule has 3 aromatic rings. The van der Waals surface area contributed by atoms with Gasteiger partial charge in [0.15, 0.2) is 11.6 Å². The number of imidazole rings is 1. The van der Waals surface area contributed by atoms with Crippen molar-refractivity contribution in [3.63, 3.8) is 0 Å². The van der Waals surface area contributed by atoms with Gasteiger partial charge in [-0.3, -0.25) is 4.79 Å². The largest absolute Gasteiger partial charge is 0.616 e. The number of hydrogen-bond acceptors (Lipinski definition) is 4. The van der Waals surface area contributed by atoms with E-state index in [9.17, 15) is 10.0 Å². The Morgan fingerprint density at radius 1 is 1.36 bits per heavy atom. The maximum absolute atomic E-state index is 12.1. The summed E-state index contributed by atoms with van der Waals surface area (Å²) < 4.78 is 7.84. The number of furan rings is 1. The molecule has 0 spiro atoms. The minimum absolute atomic E-state index is 0.109. The number of nitrogens with zero attached hydrogens (tertiary/aromatic N) is 3. The van der Waals surface area contributed by atoms with Crippen molar-refractivity contribution in [2.75, 3.05) is 6.54 Å². The number of carbonyl (C=O) groups is 1. The summed E-state index contributed by atoms with van der Waals surface area (Å²) in [5, 5.41) is 14.1. The molecule has 0 radical (unpaired) electrons. The second-order valence-corrected chi connectivity index (χ2v) is 5.03. The zero-order chi connectivity index (χ0) is 15.3. The van der Waals surface area contributed by atoms with Crippen molar-refractivity contribution in [3.05, 3.63) is 41.1 Å². The molecular formula is C15H12N4O3. The van der Waals surface area contributed by atoms with E-state index in [0.29, 0.717) is 35.0 Å². The number of hydrogen-bond donors (Lipinski definition) is 1. The molecule has 0 bridgehead atoms. The minimum Gasteiger partial charge on any atom is -0.616 e. The van der Waals surface area contributed by atoms with Gasteiger partial charge in [0.1, 0.15) is 6.72 Å². The van der Waals surface area contributed by atoms with Crippen LogP contribution in [0, 0.1) is 5.21 Å². The van der Waals surface area contributed by atoms with E-state index >= 15 is 0 Å². The van der Waals surface area contributed by atoms with Crippen molar-refractivity contribution < 1.29 is 14.0 Å². The second-order valence-electron chi connectivity index (χ2n) is 5.03. The van der Waals surface area contributed by atoms with Gasteiger partial charge < -0.3 is 19.5 Å². The first kappa shape index (κ1) is 12.6. The van der Waals surface area contributed by atoms with E-state index in [1.54, 1.807) is 24.3 Å². The zero-order valence-electron chi connectivity index (χ0n) is 11.6. The lowest BCUT2D eigenvalue weighted by Gasteiger charge is -2.04. The van der Waals surface area contributed by atoms with Crippen LogP contribution in [-0.4, -0.2) is 33.5 Å². The summed E-state index contributed by atoms with van der Waals surface area (Å²) >= 11 is 0. The number of para-hydroxylation sites is 1. The molecule has 110 valence electrons. The normalized spacial score (nSPS) is 13.9. The molecule has 4 rings (SSSR count). The number of aromatic nitrogens is 2. The molecule has 0 aliphatic carbocycles. The number of amides is 1. The molecule has 1 aromatic carbocycles. The van der Waals surface area contributed by atoms with Gasteiger partial charge in [-0.2, -0.15) is 0 Å². The summed E-state index contributed by atoms with van der Waals surface area (Å²) in [5.41, 5.74) is 2.08. The standard InChI is InChI=1S/C15H12N4O3/c1-18(21)12-6-5-11(22-12)14-17-10-4-2-3-9-13(10)19(14)8-7-16-15(9)20/h2-6H,1,7-8H2,(H,16,20). The molecule has 1 aliphatic rings. The van der Waals surface area contributed by atoms with E-state index in [2.05, 4.69) is 17.0 Å². The van der Waals surface area contributed by atoms with Crippen LogP contribution < -0.4 is 5.32 Å². The highest BCUT2D eigenvalue weighted by Crippen LogP contribution is 2.30. The van der Waals surface area contributed by atoms with Crippen LogP contribution in [-0.2, 0) is 6.54 Å². The summed E-state index contributed by atoms with van der Waals surface area (Å²) in [6, 6.07) is 8.64. The molecule has 1 N–H and O–H groups in total. The van der Waals surface area contributed by atoms with Crippen molar-refractivity contribution in [2.45, 2.75) is 6.54 Å². The van der Waals surface area contributed by atoms with Crippen molar-refractivity contribution >= 4 is 29.5 Å². The van der Waals surface area contributed by atoms with Crippen LogP contribution in [0.25, 0.3) is 22.6 Å². The highest BCUT2D eigenvalue weighted by molar-refractivity contribution is 6.06. The van der Waals surface area contributed by atoms with Crippen LogP contribution in [0.3, 0.4) is 0 Å². The maximum atomic E-state index is 12.1. The number of rotatable bonds is 2. The van der Waals surface area contributed by atoms with Crippen LogP contribution in [0.5, 0.6) is 0 Å².